The Kier molecular flexibility index (Phi) is 8.15. The molecule has 0 aromatic heterocycles. The molecule has 2 heterocycles. The first-order chi connectivity index (χ1) is 16.7. The van der Waals surface area contributed by atoms with E-state index in [1.54, 1.807) is 6.07 Å². The molecular weight excluding hydrogens is 475 g/mol. The summed E-state index contributed by atoms with van der Waals surface area (Å²) in [6.07, 6.45) is 0.757. The van der Waals surface area contributed by atoms with Crippen molar-refractivity contribution in [3.05, 3.63) is 58.6 Å². The molecule has 2 aliphatic rings. The number of carbonyl (C=O) groups excluding carboxylic acids is 1. The van der Waals surface area contributed by atoms with Gasteiger partial charge in [0.05, 0.1) is 5.56 Å². The quantitative estimate of drug-likeness (QED) is 0.469. The zero-order valence-corrected chi connectivity index (χ0v) is 20.8. The fraction of sp³-hybridized carbons (Fsp3) is 0.519. The SMILES string of the molecule is Cc1ccc(NC2CCN(C(=O)CCC3CCN(c4ccc(Cl)cc4)CC3)CC2)cc1C(F)(F)F. The number of piperidine rings is 2. The Morgan fingerprint density at radius 2 is 1.66 bits per heavy atom. The number of alkyl halides is 3. The van der Waals surface area contributed by atoms with Gasteiger partial charge in [0.15, 0.2) is 0 Å². The van der Waals surface area contributed by atoms with Gasteiger partial charge in [-0.25, -0.2) is 0 Å². The van der Waals surface area contributed by atoms with Crippen LogP contribution >= 0.6 is 11.6 Å². The molecule has 4 rings (SSSR count). The predicted octanol–water partition coefficient (Wildman–Crippen LogP) is 6.77. The van der Waals surface area contributed by atoms with Gasteiger partial charge in [0.2, 0.25) is 5.91 Å². The lowest BCUT2D eigenvalue weighted by atomic mass is 9.91. The summed E-state index contributed by atoms with van der Waals surface area (Å²) in [6, 6.07) is 12.4. The normalized spacial score (nSPS) is 18.1. The molecule has 0 bridgehead atoms. The molecule has 0 aliphatic carbocycles. The summed E-state index contributed by atoms with van der Waals surface area (Å²) in [5.74, 6) is 0.754. The van der Waals surface area contributed by atoms with Crippen LogP contribution < -0.4 is 10.2 Å². The van der Waals surface area contributed by atoms with Crippen LogP contribution in [0.4, 0.5) is 24.5 Å². The maximum Gasteiger partial charge on any atom is 0.416 e. The number of benzene rings is 2. The van der Waals surface area contributed by atoms with Gasteiger partial charge in [-0.15, -0.1) is 0 Å². The molecule has 190 valence electrons. The standard InChI is InChI=1S/C27H33ClF3N3O/c1-19-2-6-23(18-25(19)27(29,30)31)32-22-12-16-34(17-13-22)26(35)9-3-20-10-14-33(15-11-20)24-7-4-21(28)5-8-24/h2,4-8,18,20,22,32H,3,9-17H2,1H3. The van der Waals surface area contributed by atoms with Crippen molar-refractivity contribution in [1.29, 1.82) is 0 Å². The van der Waals surface area contributed by atoms with Gasteiger partial charge in [0, 0.05) is 55.0 Å². The van der Waals surface area contributed by atoms with Crippen LogP contribution in [0.15, 0.2) is 42.5 Å². The number of halogens is 4. The first-order valence-electron chi connectivity index (χ1n) is 12.4. The lowest BCUT2D eigenvalue weighted by Gasteiger charge is -2.35. The molecule has 0 atom stereocenters. The second-order valence-electron chi connectivity index (χ2n) is 9.77. The number of nitrogens with zero attached hydrogens (tertiary/aromatic N) is 2. The Morgan fingerprint density at radius 3 is 2.29 bits per heavy atom. The van der Waals surface area contributed by atoms with Crippen LogP contribution in [0.3, 0.4) is 0 Å². The summed E-state index contributed by atoms with van der Waals surface area (Å²) in [5.41, 5.74) is 1.30. The third kappa shape index (κ3) is 6.84. The minimum Gasteiger partial charge on any atom is -0.382 e. The number of amides is 1. The lowest BCUT2D eigenvalue weighted by molar-refractivity contribution is -0.138. The Balaban J connectivity index is 1.18. The second kappa shape index (κ2) is 11.1. The molecule has 0 radical (unpaired) electrons. The first kappa shape index (κ1) is 25.7. The van der Waals surface area contributed by atoms with Crippen molar-refractivity contribution in [2.24, 2.45) is 5.92 Å². The summed E-state index contributed by atoms with van der Waals surface area (Å²) in [6.45, 7) is 4.74. The van der Waals surface area contributed by atoms with Gasteiger partial charge in [0.25, 0.3) is 0 Å². The van der Waals surface area contributed by atoms with Crippen LogP contribution in [0, 0.1) is 12.8 Å². The summed E-state index contributed by atoms with van der Waals surface area (Å²) in [4.78, 5) is 17.1. The van der Waals surface area contributed by atoms with Crippen molar-refractivity contribution in [2.75, 3.05) is 36.4 Å². The largest absolute Gasteiger partial charge is 0.416 e. The van der Waals surface area contributed by atoms with Crippen molar-refractivity contribution < 1.29 is 18.0 Å². The number of hydrogen-bond donors (Lipinski definition) is 1. The van der Waals surface area contributed by atoms with Crippen molar-refractivity contribution >= 4 is 28.9 Å². The van der Waals surface area contributed by atoms with Crippen LogP contribution in [0.1, 0.15) is 49.7 Å². The van der Waals surface area contributed by atoms with Gasteiger partial charge in [0.1, 0.15) is 0 Å². The van der Waals surface area contributed by atoms with E-state index < -0.39 is 11.7 Å². The molecule has 35 heavy (non-hydrogen) atoms. The van der Waals surface area contributed by atoms with E-state index in [1.807, 2.05) is 17.0 Å². The fourth-order valence-corrected chi connectivity index (χ4v) is 5.27. The van der Waals surface area contributed by atoms with E-state index in [1.165, 1.54) is 24.7 Å². The van der Waals surface area contributed by atoms with E-state index in [2.05, 4.69) is 22.3 Å². The Labute approximate surface area is 210 Å². The third-order valence-electron chi connectivity index (χ3n) is 7.33. The lowest BCUT2D eigenvalue weighted by Crippen LogP contribution is -2.42. The van der Waals surface area contributed by atoms with Crippen molar-refractivity contribution in [3.8, 4) is 0 Å². The van der Waals surface area contributed by atoms with Gasteiger partial charge >= 0.3 is 6.18 Å². The van der Waals surface area contributed by atoms with E-state index in [0.29, 0.717) is 31.1 Å². The number of hydrogen-bond acceptors (Lipinski definition) is 3. The van der Waals surface area contributed by atoms with Crippen LogP contribution in [0.5, 0.6) is 0 Å². The van der Waals surface area contributed by atoms with Crippen LogP contribution in [0.2, 0.25) is 5.02 Å². The highest BCUT2D eigenvalue weighted by Gasteiger charge is 2.33. The Hall–Kier alpha value is -2.41. The Bertz CT molecular complexity index is 996. The molecule has 0 saturated carbocycles. The molecule has 1 N–H and O–H groups in total. The van der Waals surface area contributed by atoms with Crippen LogP contribution in [-0.2, 0) is 11.0 Å². The molecule has 8 heteroatoms. The van der Waals surface area contributed by atoms with Gasteiger partial charge in [-0.1, -0.05) is 17.7 Å². The van der Waals surface area contributed by atoms with Gasteiger partial charge in [-0.3, -0.25) is 4.79 Å². The minimum absolute atomic E-state index is 0.0695. The zero-order valence-electron chi connectivity index (χ0n) is 20.1. The Morgan fingerprint density at radius 1 is 1.00 bits per heavy atom. The van der Waals surface area contributed by atoms with Gasteiger partial charge < -0.3 is 15.1 Å². The van der Waals surface area contributed by atoms with Crippen LogP contribution in [0.25, 0.3) is 0 Å². The zero-order chi connectivity index (χ0) is 25.0. The van der Waals surface area contributed by atoms with E-state index in [9.17, 15) is 18.0 Å². The highest BCUT2D eigenvalue weighted by atomic mass is 35.5. The summed E-state index contributed by atoms with van der Waals surface area (Å²) >= 11 is 5.98. The summed E-state index contributed by atoms with van der Waals surface area (Å²) < 4.78 is 39.6. The second-order valence-corrected chi connectivity index (χ2v) is 10.2. The maximum absolute atomic E-state index is 13.2. The molecule has 1 amide bonds. The molecule has 2 aromatic carbocycles. The monoisotopic (exact) mass is 507 g/mol. The molecule has 2 aliphatic heterocycles. The van der Waals surface area contributed by atoms with Gasteiger partial charge in [-0.05, 0) is 86.9 Å². The smallest absolute Gasteiger partial charge is 0.382 e. The van der Waals surface area contributed by atoms with E-state index in [0.717, 1.165) is 50.2 Å². The number of anilines is 2. The number of carbonyl (C=O) groups is 1. The summed E-state index contributed by atoms with van der Waals surface area (Å²) in [5, 5.41) is 3.98. The first-order valence-corrected chi connectivity index (χ1v) is 12.8. The fourth-order valence-electron chi connectivity index (χ4n) is 5.14. The highest BCUT2D eigenvalue weighted by molar-refractivity contribution is 6.30. The van der Waals surface area contributed by atoms with Crippen molar-refractivity contribution in [1.82, 2.24) is 4.90 Å². The number of nitrogens with one attached hydrogen (secondary N) is 1. The summed E-state index contributed by atoms with van der Waals surface area (Å²) in [7, 11) is 0. The van der Waals surface area contributed by atoms with E-state index in [4.69, 9.17) is 11.6 Å². The topological polar surface area (TPSA) is 35.6 Å². The van der Waals surface area contributed by atoms with Crippen molar-refractivity contribution in [2.45, 2.75) is 57.7 Å². The van der Waals surface area contributed by atoms with E-state index >= 15 is 0 Å². The molecule has 0 unspecified atom stereocenters. The third-order valence-corrected chi connectivity index (χ3v) is 7.59. The predicted molar refractivity (Wildman–Crippen MR) is 135 cm³/mol. The average Bonchev–Trinajstić information content (AvgIpc) is 2.84. The molecule has 2 fully saturated rings. The average molecular weight is 508 g/mol. The number of aryl methyl sites for hydroxylation is 1. The number of rotatable bonds is 6. The minimum atomic E-state index is -4.36. The molecular formula is C27H33ClF3N3O. The number of likely N-dealkylation sites (tertiary alicyclic amines) is 1. The van der Waals surface area contributed by atoms with Gasteiger partial charge in [-0.2, -0.15) is 13.2 Å². The van der Waals surface area contributed by atoms with Crippen molar-refractivity contribution in [3.63, 3.8) is 0 Å². The molecule has 2 saturated heterocycles. The molecule has 0 spiro atoms. The maximum atomic E-state index is 13.2. The van der Waals surface area contributed by atoms with E-state index in [-0.39, 0.29) is 17.5 Å². The van der Waals surface area contributed by atoms with Crippen LogP contribution in [-0.4, -0.2) is 43.0 Å². The highest BCUT2D eigenvalue weighted by Crippen LogP contribution is 2.34. The molecule has 4 nitrogen and oxygen atoms in total. The molecule has 2 aromatic rings.